The number of benzene rings is 1. The van der Waals surface area contributed by atoms with Crippen LogP contribution in [0, 0.1) is 5.92 Å². The molecule has 1 aromatic carbocycles. The van der Waals surface area contributed by atoms with Crippen molar-refractivity contribution in [2.75, 3.05) is 5.32 Å². The molecule has 0 radical (unpaired) electrons. The van der Waals surface area contributed by atoms with Gasteiger partial charge in [-0.25, -0.2) is 4.98 Å². The molecule has 1 atom stereocenters. The highest BCUT2D eigenvalue weighted by atomic mass is 35.5. The number of hydrogen-bond donors (Lipinski definition) is 2. The number of halogens is 1. The lowest BCUT2D eigenvalue weighted by Gasteiger charge is -2.21. The van der Waals surface area contributed by atoms with Crippen molar-refractivity contribution in [1.82, 2.24) is 10.3 Å². The van der Waals surface area contributed by atoms with E-state index in [1.807, 2.05) is 13.8 Å². The highest BCUT2D eigenvalue weighted by molar-refractivity contribution is 7.13. The van der Waals surface area contributed by atoms with E-state index in [0.29, 0.717) is 15.7 Å². The Morgan fingerprint density at radius 3 is 2.59 bits per heavy atom. The average molecular weight is 338 g/mol. The van der Waals surface area contributed by atoms with Crippen molar-refractivity contribution >= 4 is 39.9 Å². The first-order chi connectivity index (χ1) is 10.5. The number of thiazole rings is 1. The first-order valence-corrected chi connectivity index (χ1v) is 8.00. The molecule has 2 N–H and O–H groups in total. The summed E-state index contributed by atoms with van der Waals surface area (Å²) in [7, 11) is 0. The van der Waals surface area contributed by atoms with E-state index in [1.165, 1.54) is 11.3 Å². The van der Waals surface area contributed by atoms with Crippen molar-refractivity contribution in [2.24, 2.45) is 5.92 Å². The molecule has 0 bridgehead atoms. The van der Waals surface area contributed by atoms with Gasteiger partial charge in [0, 0.05) is 11.6 Å². The molecule has 1 aromatic heterocycles. The van der Waals surface area contributed by atoms with Crippen LogP contribution in [0.4, 0.5) is 5.13 Å². The fraction of sp³-hybridized carbons (Fsp3) is 0.267. The van der Waals surface area contributed by atoms with Crippen molar-refractivity contribution in [3.63, 3.8) is 0 Å². The molecule has 1 unspecified atom stereocenters. The zero-order valence-corrected chi connectivity index (χ0v) is 13.7. The first-order valence-electron chi connectivity index (χ1n) is 6.74. The number of anilines is 1. The van der Waals surface area contributed by atoms with E-state index in [2.05, 4.69) is 15.6 Å². The molecule has 2 amide bonds. The van der Waals surface area contributed by atoms with Crippen LogP contribution in [0.1, 0.15) is 24.2 Å². The maximum absolute atomic E-state index is 12.3. The van der Waals surface area contributed by atoms with Gasteiger partial charge in [0.2, 0.25) is 5.91 Å². The number of carbonyl (C=O) groups is 2. The minimum atomic E-state index is -0.673. The highest BCUT2D eigenvalue weighted by Crippen LogP contribution is 2.16. The van der Waals surface area contributed by atoms with E-state index >= 15 is 0 Å². The van der Waals surface area contributed by atoms with Gasteiger partial charge in [0.15, 0.2) is 5.13 Å². The number of nitrogens with one attached hydrogen (secondary N) is 2. The van der Waals surface area contributed by atoms with Crippen LogP contribution in [0.15, 0.2) is 35.8 Å². The van der Waals surface area contributed by atoms with Crippen molar-refractivity contribution in [1.29, 1.82) is 0 Å². The van der Waals surface area contributed by atoms with Crippen LogP contribution in [0.25, 0.3) is 0 Å². The predicted octanol–water partition coefficient (Wildman–Crippen LogP) is 3.19. The molecule has 116 valence electrons. The second kappa shape index (κ2) is 7.38. The van der Waals surface area contributed by atoms with Gasteiger partial charge in [-0.05, 0) is 18.1 Å². The Labute approximate surface area is 137 Å². The lowest BCUT2D eigenvalue weighted by molar-refractivity contribution is -0.118. The molecule has 0 aliphatic heterocycles. The van der Waals surface area contributed by atoms with Crippen LogP contribution in [0.5, 0.6) is 0 Å². The highest BCUT2D eigenvalue weighted by Gasteiger charge is 2.25. The van der Waals surface area contributed by atoms with E-state index in [-0.39, 0.29) is 17.7 Å². The molecule has 1 heterocycles. The quantitative estimate of drug-likeness (QED) is 0.880. The Balaban J connectivity index is 2.10. The Morgan fingerprint density at radius 2 is 2.00 bits per heavy atom. The van der Waals surface area contributed by atoms with E-state index in [1.54, 1.807) is 35.8 Å². The van der Waals surface area contributed by atoms with Gasteiger partial charge in [-0.15, -0.1) is 11.3 Å². The summed E-state index contributed by atoms with van der Waals surface area (Å²) in [5.74, 6) is -0.754. The van der Waals surface area contributed by atoms with Crippen LogP contribution in [-0.4, -0.2) is 22.8 Å². The fourth-order valence-corrected chi connectivity index (χ4v) is 2.62. The zero-order chi connectivity index (χ0) is 16.1. The van der Waals surface area contributed by atoms with E-state index in [4.69, 9.17) is 11.6 Å². The van der Waals surface area contributed by atoms with Crippen molar-refractivity contribution in [3.8, 4) is 0 Å². The number of rotatable bonds is 5. The average Bonchev–Trinajstić information content (AvgIpc) is 2.97. The van der Waals surface area contributed by atoms with Crippen LogP contribution >= 0.6 is 22.9 Å². The number of aromatic nitrogens is 1. The molecular weight excluding hydrogens is 322 g/mol. The minimum Gasteiger partial charge on any atom is -0.340 e. The fourth-order valence-electron chi connectivity index (χ4n) is 1.87. The topological polar surface area (TPSA) is 71.1 Å². The predicted molar refractivity (Wildman–Crippen MR) is 88.3 cm³/mol. The normalized spacial score (nSPS) is 12.0. The van der Waals surface area contributed by atoms with Gasteiger partial charge >= 0.3 is 0 Å². The third-order valence-corrected chi connectivity index (χ3v) is 4.03. The summed E-state index contributed by atoms with van der Waals surface area (Å²) >= 11 is 7.33. The van der Waals surface area contributed by atoms with Crippen molar-refractivity contribution in [2.45, 2.75) is 19.9 Å². The second-order valence-corrected chi connectivity index (χ2v) is 6.30. The first kappa shape index (κ1) is 16.5. The SMILES string of the molecule is CC(C)C(NC(=O)c1ccccc1Cl)C(=O)Nc1nccs1. The largest absolute Gasteiger partial charge is 0.340 e. The summed E-state index contributed by atoms with van der Waals surface area (Å²) in [6.45, 7) is 3.72. The number of hydrogen-bond acceptors (Lipinski definition) is 4. The summed E-state index contributed by atoms with van der Waals surface area (Å²) in [4.78, 5) is 28.6. The van der Waals surface area contributed by atoms with Gasteiger partial charge in [-0.1, -0.05) is 37.6 Å². The number of carbonyl (C=O) groups excluding carboxylic acids is 2. The molecule has 0 aliphatic rings. The smallest absolute Gasteiger partial charge is 0.253 e. The van der Waals surface area contributed by atoms with E-state index < -0.39 is 6.04 Å². The molecule has 0 saturated carbocycles. The molecular formula is C15H16ClN3O2S. The third-order valence-electron chi connectivity index (χ3n) is 3.02. The van der Waals surface area contributed by atoms with Gasteiger partial charge in [-0.3, -0.25) is 9.59 Å². The van der Waals surface area contributed by atoms with Crippen molar-refractivity contribution in [3.05, 3.63) is 46.4 Å². The molecule has 7 heteroatoms. The van der Waals surface area contributed by atoms with Crippen LogP contribution in [0.3, 0.4) is 0 Å². The van der Waals surface area contributed by atoms with Gasteiger partial charge in [0.1, 0.15) is 6.04 Å². The van der Waals surface area contributed by atoms with E-state index in [9.17, 15) is 9.59 Å². The monoisotopic (exact) mass is 337 g/mol. The van der Waals surface area contributed by atoms with Gasteiger partial charge in [0.25, 0.3) is 5.91 Å². The Hall–Kier alpha value is -1.92. The summed E-state index contributed by atoms with van der Waals surface area (Å²) in [5.41, 5.74) is 0.344. The molecule has 0 spiro atoms. The molecule has 0 fully saturated rings. The maximum atomic E-state index is 12.3. The standard InChI is InChI=1S/C15H16ClN3O2S/c1-9(2)12(14(21)19-15-17-7-8-22-15)18-13(20)10-5-3-4-6-11(10)16/h3-9,12H,1-2H3,(H,18,20)(H,17,19,21). The summed E-state index contributed by atoms with van der Waals surface area (Å²) in [6, 6.07) is 6.05. The van der Waals surface area contributed by atoms with Crippen LogP contribution < -0.4 is 10.6 Å². The molecule has 22 heavy (non-hydrogen) atoms. The zero-order valence-electron chi connectivity index (χ0n) is 12.2. The Bertz CT molecular complexity index is 659. The summed E-state index contributed by atoms with van der Waals surface area (Å²) < 4.78 is 0. The van der Waals surface area contributed by atoms with Gasteiger partial charge < -0.3 is 10.6 Å². The van der Waals surface area contributed by atoms with E-state index in [0.717, 1.165) is 0 Å². The molecule has 2 aromatic rings. The van der Waals surface area contributed by atoms with Crippen molar-refractivity contribution < 1.29 is 9.59 Å². The number of nitrogens with zero attached hydrogens (tertiary/aromatic N) is 1. The minimum absolute atomic E-state index is 0.0774. The number of amides is 2. The lowest BCUT2D eigenvalue weighted by atomic mass is 10.0. The second-order valence-electron chi connectivity index (χ2n) is 5.00. The van der Waals surface area contributed by atoms with Gasteiger partial charge in [-0.2, -0.15) is 0 Å². The third kappa shape index (κ3) is 4.05. The Morgan fingerprint density at radius 1 is 1.27 bits per heavy atom. The Kier molecular flexibility index (Phi) is 5.51. The maximum Gasteiger partial charge on any atom is 0.253 e. The lowest BCUT2D eigenvalue weighted by Crippen LogP contribution is -2.47. The van der Waals surface area contributed by atoms with Crippen LogP contribution in [0.2, 0.25) is 5.02 Å². The van der Waals surface area contributed by atoms with Gasteiger partial charge in [0.05, 0.1) is 10.6 Å². The molecule has 0 saturated heterocycles. The summed E-state index contributed by atoms with van der Waals surface area (Å²) in [5, 5.41) is 8.04. The molecule has 5 nitrogen and oxygen atoms in total. The molecule has 2 rings (SSSR count). The van der Waals surface area contributed by atoms with Crippen LogP contribution in [-0.2, 0) is 4.79 Å². The summed E-state index contributed by atoms with van der Waals surface area (Å²) in [6.07, 6.45) is 1.60. The molecule has 0 aliphatic carbocycles.